The highest BCUT2D eigenvalue weighted by molar-refractivity contribution is 6.10. The van der Waals surface area contributed by atoms with E-state index in [1.54, 1.807) is 35.4 Å². The van der Waals surface area contributed by atoms with E-state index >= 15 is 0 Å². The number of furan rings is 2. The SMILES string of the molecule is O=C1CCCC2=C1[C@@H](c1ccco1)N(C(=O)c1ccco1)c1ccccc1N2. The van der Waals surface area contributed by atoms with Crippen LogP contribution < -0.4 is 10.2 Å². The van der Waals surface area contributed by atoms with Gasteiger partial charge in [-0.25, -0.2) is 0 Å². The minimum Gasteiger partial charge on any atom is -0.467 e. The first-order valence-corrected chi connectivity index (χ1v) is 9.27. The van der Waals surface area contributed by atoms with Gasteiger partial charge in [0, 0.05) is 17.7 Å². The summed E-state index contributed by atoms with van der Waals surface area (Å²) in [5.74, 6) is 0.452. The first-order valence-electron chi connectivity index (χ1n) is 9.27. The van der Waals surface area contributed by atoms with Crippen LogP contribution in [0.1, 0.15) is 41.6 Å². The Morgan fingerprint density at radius 2 is 1.82 bits per heavy atom. The van der Waals surface area contributed by atoms with Crippen LogP contribution in [0.4, 0.5) is 11.4 Å². The standard InChI is InChI=1S/C22H18N2O4/c25-17-9-3-7-15-20(17)21(18-10-4-12-27-18)24(22(26)19-11-5-13-28-19)16-8-2-1-6-14(16)23-15/h1-2,4-6,8,10-13,21,23H,3,7,9H2/t21-/m1/s1. The monoisotopic (exact) mass is 374 g/mol. The van der Waals surface area contributed by atoms with Gasteiger partial charge in [0.1, 0.15) is 11.8 Å². The van der Waals surface area contributed by atoms with Crippen molar-refractivity contribution in [1.82, 2.24) is 0 Å². The molecule has 1 aromatic carbocycles. The van der Waals surface area contributed by atoms with Crippen molar-refractivity contribution in [2.24, 2.45) is 0 Å². The van der Waals surface area contributed by atoms with Crippen LogP contribution in [-0.2, 0) is 4.79 Å². The number of fused-ring (bicyclic) bond motifs is 1. The fourth-order valence-electron chi connectivity index (χ4n) is 3.99. The fourth-order valence-corrected chi connectivity index (χ4v) is 3.99. The van der Waals surface area contributed by atoms with Crippen LogP contribution >= 0.6 is 0 Å². The second-order valence-electron chi connectivity index (χ2n) is 6.88. The van der Waals surface area contributed by atoms with Crippen molar-refractivity contribution in [3.05, 3.63) is 83.8 Å². The van der Waals surface area contributed by atoms with Crippen molar-refractivity contribution >= 4 is 23.1 Å². The van der Waals surface area contributed by atoms with Gasteiger partial charge in [-0.3, -0.25) is 14.5 Å². The third kappa shape index (κ3) is 2.57. The molecule has 3 aromatic rings. The van der Waals surface area contributed by atoms with Crippen LogP contribution in [-0.4, -0.2) is 11.7 Å². The van der Waals surface area contributed by atoms with E-state index in [0.717, 1.165) is 24.2 Å². The molecule has 6 heteroatoms. The number of carbonyl (C=O) groups is 2. The quantitative estimate of drug-likeness (QED) is 0.704. The molecule has 3 heterocycles. The van der Waals surface area contributed by atoms with Gasteiger partial charge in [-0.05, 0) is 49.2 Å². The minimum atomic E-state index is -0.661. The fraction of sp³-hybridized carbons (Fsp3) is 0.182. The normalized spacial score (nSPS) is 18.9. The van der Waals surface area contributed by atoms with Gasteiger partial charge in [0.2, 0.25) is 0 Å². The predicted molar refractivity (Wildman–Crippen MR) is 103 cm³/mol. The molecule has 0 spiro atoms. The van der Waals surface area contributed by atoms with Gasteiger partial charge in [-0.2, -0.15) is 0 Å². The zero-order valence-corrected chi connectivity index (χ0v) is 15.1. The Hall–Kier alpha value is -3.54. The molecular weight excluding hydrogens is 356 g/mol. The van der Waals surface area contributed by atoms with E-state index in [1.807, 2.05) is 24.3 Å². The molecule has 0 bridgehead atoms. The molecule has 2 aromatic heterocycles. The third-order valence-electron chi connectivity index (χ3n) is 5.20. The first kappa shape index (κ1) is 16.6. The number of allylic oxidation sites excluding steroid dienone is 1. The number of anilines is 2. The number of ketones is 1. The molecule has 1 aliphatic heterocycles. The average Bonchev–Trinajstić information content (AvgIpc) is 3.39. The molecule has 0 saturated carbocycles. The van der Waals surface area contributed by atoms with Gasteiger partial charge < -0.3 is 14.2 Å². The third-order valence-corrected chi connectivity index (χ3v) is 5.20. The van der Waals surface area contributed by atoms with Crippen molar-refractivity contribution in [3.8, 4) is 0 Å². The Bertz CT molecular complexity index is 1060. The Labute approximate surface area is 161 Å². The number of nitrogens with one attached hydrogen (secondary N) is 1. The molecule has 1 aliphatic carbocycles. The van der Waals surface area contributed by atoms with Crippen molar-refractivity contribution < 1.29 is 18.4 Å². The van der Waals surface area contributed by atoms with Gasteiger partial charge in [-0.1, -0.05) is 12.1 Å². The molecule has 0 saturated heterocycles. The zero-order chi connectivity index (χ0) is 19.1. The lowest BCUT2D eigenvalue weighted by Gasteiger charge is -2.31. The van der Waals surface area contributed by atoms with Crippen LogP contribution in [0.2, 0.25) is 0 Å². The van der Waals surface area contributed by atoms with E-state index in [1.165, 1.54) is 6.26 Å². The molecular formula is C22H18N2O4. The smallest absolute Gasteiger partial charge is 0.294 e. The highest BCUT2D eigenvalue weighted by atomic mass is 16.3. The highest BCUT2D eigenvalue weighted by Gasteiger charge is 2.41. The summed E-state index contributed by atoms with van der Waals surface area (Å²) in [5.41, 5.74) is 2.88. The molecule has 28 heavy (non-hydrogen) atoms. The maximum absolute atomic E-state index is 13.5. The predicted octanol–water partition coefficient (Wildman–Crippen LogP) is 4.69. The number of hydrogen-bond donors (Lipinski definition) is 1. The zero-order valence-electron chi connectivity index (χ0n) is 15.1. The number of para-hydroxylation sites is 2. The summed E-state index contributed by atoms with van der Waals surface area (Å²) in [6.07, 6.45) is 5.01. The van der Waals surface area contributed by atoms with Crippen molar-refractivity contribution in [2.75, 3.05) is 10.2 Å². The number of benzene rings is 1. The van der Waals surface area contributed by atoms with Crippen LogP contribution in [0.15, 0.2) is 81.2 Å². The molecule has 5 rings (SSSR count). The van der Waals surface area contributed by atoms with Gasteiger partial charge in [0.25, 0.3) is 5.91 Å². The largest absolute Gasteiger partial charge is 0.467 e. The number of amides is 1. The summed E-state index contributed by atoms with van der Waals surface area (Å²) in [6, 6.07) is 13.7. The number of nitrogens with zero attached hydrogens (tertiary/aromatic N) is 1. The Kier molecular flexibility index (Phi) is 3.90. The second-order valence-corrected chi connectivity index (χ2v) is 6.88. The molecule has 0 radical (unpaired) electrons. The van der Waals surface area contributed by atoms with Crippen LogP contribution in [0.5, 0.6) is 0 Å². The van der Waals surface area contributed by atoms with Gasteiger partial charge in [-0.15, -0.1) is 0 Å². The van der Waals surface area contributed by atoms with E-state index in [2.05, 4.69) is 5.32 Å². The molecule has 1 amide bonds. The number of Topliss-reactive ketones (excluding diaryl/α,β-unsaturated/α-hetero) is 1. The average molecular weight is 374 g/mol. The Morgan fingerprint density at radius 3 is 2.61 bits per heavy atom. The maximum atomic E-state index is 13.5. The molecule has 0 unspecified atom stereocenters. The molecule has 1 N–H and O–H groups in total. The summed E-state index contributed by atoms with van der Waals surface area (Å²) < 4.78 is 11.1. The Morgan fingerprint density at radius 1 is 1.00 bits per heavy atom. The molecule has 140 valence electrons. The van der Waals surface area contributed by atoms with E-state index in [9.17, 15) is 9.59 Å². The van der Waals surface area contributed by atoms with E-state index in [4.69, 9.17) is 8.83 Å². The van der Waals surface area contributed by atoms with Crippen LogP contribution in [0, 0.1) is 0 Å². The summed E-state index contributed by atoms with van der Waals surface area (Å²) in [4.78, 5) is 28.1. The van der Waals surface area contributed by atoms with Gasteiger partial charge >= 0.3 is 0 Å². The topological polar surface area (TPSA) is 75.7 Å². The van der Waals surface area contributed by atoms with Crippen LogP contribution in [0.3, 0.4) is 0 Å². The van der Waals surface area contributed by atoms with Gasteiger partial charge in [0.15, 0.2) is 11.5 Å². The van der Waals surface area contributed by atoms with Gasteiger partial charge in [0.05, 0.1) is 23.9 Å². The second kappa shape index (κ2) is 6.56. The summed E-state index contributed by atoms with van der Waals surface area (Å²) in [5, 5.41) is 3.41. The summed E-state index contributed by atoms with van der Waals surface area (Å²) in [7, 11) is 0. The number of rotatable bonds is 2. The minimum absolute atomic E-state index is 0.0280. The molecule has 2 aliphatic rings. The lowest BCUT2D eigenvalue weighted by molar-refractivity contribution is -0.116. The number of hydrogen-bond acceptors (Lipinski definition) is 5. The first-order chi connectivity index (χ1) is 13.7. The van der Waals surface area contributed by atoms with Crippen molar-refractivity contribution in [1.29, 1.82) is 0 Å². The molecule has 1 atom stereocenters. The van der Waals surface area contributed by atoms with Crippen LogP contribution in [0.25, 0.3) is 0 Å². The molecule has 6 nitrogen and oxygen atoms in total. The lowest BCUT2D eigenvalue weighted by atomic mass is 9.88. The van der Waals surface area contributed by atoms with E-state index in [0.29, 0.717) is 23.4 Å². The van der Waals surface area contributed by atoms with Crippen molar-refractivity contribution in [2.45, 2.75) is 25.3 Å². The van der Waals surface area contributed by atoms with E-state index < -0.39 is 6.04 Å². The summed E-state index contributed by atoms with van der Waals surface area (Å²) >= 11 is 0. The Balaban J connectivity index is 1.78. The van der Waals surface area contributed by atoms with Crippen molar-refractivity contribution in [3.63, 3.8) is 0 Å². The highest BCUT2D eigenvalue weighted by Crippen LogP contribution is 2.45. The molecule has 0 fully saturated rings. The lowest BCUT2D eigenvalue weighted by Crippen LogP contribution is -2.37. The summed E-state index contributed by atoms with van der Waals surface area (Å²) in [6.45, 7) is 0. The maximum Gasteiger partial charge on any atom is 0.294 e. The van der Waals surface area contributed by atoms with E-state index in [-0.39, 0.29) is 17.5 Å². The number of carbonyl (C=O) groups excluding carboxylic acids is 2.